The quantitative estimate of drug-likeness (QED) is 0.350. The highest BCUT2D eigenvalue weighted by molar-refractivity contribution is 5.71. The maximum Gasteiger partial charge on any atom is 0.220 e. The van der Waals surface area contributed by atoms with Crippen LogP contribution in [0.4, 0.5) is 4.39 Å². The molecule has 1 aromatic carbocycles. The molecule has 39 heavy (non-hydrogen) atoms. The van der Waals surface area contributed by atoms with Gasteiger partial charge in [0, 0.05) is 24.2 Å². The third kappa shape index (κ3) is 7.52. The van der Waals surface area contributed by atoms with E-state index in [0.29, 0.717) is 54.5 Å². The lowest BCUT2D eigenvalue weighted by Gasteiger charge is -2.32. The molecule has 3 heterocycles. The van der Waals surface area contributed by atoms with E-state index >= 15 is 0 Å². The molecule has 1 aliphatic rings. The smallest absolute Gasteiger partial charge is 0.220 e. The number of piperidine rings is 1. The van der Waals surface area contributed by atoms with Crippen molar-refractivity contribution in [3.8, 4) is 34.3 Å². The van der Waals surface area contributed by atoms with Gasteiger partial charge in [-0.2, -0.15) is 4.98 Å². The van der Waals surface area contributed by atoms with Gasteiger partial charge < -0.3 is 29.3 Å². The topological polar surface area (TPSA) is 106 Å². The monoisotopic (exact) mass is 541 g/mol. The summed E-state index contributed by atoms with van der Waals surface area (Å²) < 4.78 is 31.0. The van der Waals surface area contributed by atoms with Crippen LogP contribution in [0.15, 0.2) is 28.8 Å². The maximum absolute atomic E-state index is 13.4. The molecular formula is C29H40FN5O4. The molecule has 2 aromatic heterocycles. The van der Waals surface area contributed by atoms with Gasteiger partial charge in [-0.05, 0) is 78.7 Å². The van der Waals surface area contributed by atoms with Gasteiger partial charge in [0.2, 0.25) is 5.88 Å². The van der Waals surface area contributed by atoms with E-state index in [9.17, 15) is 9.50 Å². The van der Waals surface area contributed by atoms with Crippen LogP contribution in [0.2, 0.25) is 0 Å². The third-order valence-electron chi connectivity index (χ3n) is 7.02. The summed E-state index contributed by atoms with van der Waals surface area (Å²) in [5.74, 6) is 2.68. The second kappa shape index (κ2) is 13.3. The minimum atomic E-state index is -0.815. The minimum absolute atomic E-state index is 0.167. The first-order valence-corrected chi connectivity index (χ1v) is 13.6. The van der Waals surface area contributed by atoms with Crippen LogP contribution in [0, 0.1) is 26.7 Å². The Morgan fingerprint density at radius 1 is 1.18 bits per heavy atom. The van der Waals surface area contributed by atoms with E-state index < -0.39 is 12.3 Å². The summed E-state index contributed by atoms with van der Waals surface area (Å²) >= 11 is 0. The zero-order chi connectivity index (χ0) is 27.9. The van der Waals surface area contributed by atoms with Crippen LogP contribution in [0.1, 0.15) is 36.8 Å². The number of aliphatic hydroxyl groups excluding tert-OH is 1. The van der Waals surface area contributed by atoms with Crippen molar-refractivity contribution in [3.63, 3.8) is 0 Å². The standard InChI is InChI=1S/C29H40FN5O4/c1-18(30)15-35-11-9-22(10-12-35)16-38-29-19(2)27(26-20(3)34-39-21(26)4)32-28(33-29)23-7-6-8-25(13-23)37-17-24(36)14-31-5/h6-8,13,18,22,24,31,36H,9-12,14-17H2,1-5H3. The summed E-state index contributed by atoms with van der Waals surface area (Å²) in [7, 11) is 1.78. The molecule has 2 unspecified atom stereocenters. The number of aromatic nitrogens is 3. The summed E-state index contributed by atoms with van der Waals surface area (Å²) in [6.07, 6.45) is 0.482. The molecule has 1 fully saturated rings. The van der Waals surface area contributed by atoms with Crippen molar-refractivity contribution in [1.82, 2.24) is 25.3 Å². The number of hydrogen-bond donors (Lipinski definition) is 2. The summed E-state index contributed by atoms with van der Waals surface area (Å²) in [4.78, 5) is 11.9. The van der Waals surface area contributed by atoms with Crippen molar-refractivity contribution in [3.05, 3.63) is 41.3 Å². The Balaban J connectivity index is 1.59. The molecule has 0 amide bonds. The highest BCUT2D eigenvalue weighted by Crippen LogP contribution is 2.35. The summed E-state index contributed by atoms with van der Waals surface area (Å²) in [6, 6.07) is 7.50. The maximum atomic E-state index is 13.4. The average molecular weight is 542 g/mol. The van der Waals surface area contributed by atoms with Gasteiger partial charge in [-0.3, -0.25) is 0 Å². The number of likely N-dealkylation sites (N-methyl/N-ethyl adjacent to an activating group) is 1. The van der Waals surface area contributed by atoms with E-state index in [1.807, 2.05) is 45.0 Å². The predicted octanol–water partition coefficient (Wildman–Crippen LogP) is 4.13. The van der Waals surface area contributed by atoms with Gasteiger partial charge in [0.25, 0.3) is 0 Å². The number of alkyl halides is 1. The van der Waals surface area contributed by atoms with Crippen molar-refractivity contribution in [2.75, 3.05) is 46.4 Å². The number of likely N-dealkylation sites (tertiary alicyclic amines) is 1. The van der Waals surface area contributed by atoms with Gasteiger partial charge in [-0.25, -0.2) is 9.37 Å². The molecule has 2 N–H and O–H groups in total. The molecule has 10 heteroatoms. The number of aryl methyl sites for hydroxylation is 2. The Hall–Kier alpha value is -3.08. The van der Waals surface area contributed by atoms with Gasteiger partial charge in [0.05, 0.1) is 23.6 Å². The molecule has 1 aliphatic heterocycles. The number of hydrogen-bond acceptors (Lipinski definition) is 9. The number of halogens is 1. The summed E-state index contributed by atoms with van der Waals surface area (Å²) in [5, 5.41) is 17.1. The normalized spacial score (nSPS) is 16.3. The minimum Gasteiger partial charge on any atom is -0.491 e. The van der Waals surface area contributed by atoms with E-state index in [4.69, 9.17) is 24.0 Å². The van der Waals surface area contributed by atoms with E-state index in [1.165, 1.54) is 0 Å². The first-order valence-electron chi connectivity index (χ1n) is 13.6. The van der Waals surface area contributed by atoms with Gasteiger partial charge >= 0.3 is 0 Å². The highest BCUT2D eigenvalue weighted by Gasteiger charge is 2.24. The first kappa shape index (κ1) is 28.9. The molecule has 0 radical (unpaired) electrons. The Morgan fingerprint density at radius 3 is 2.62 bits per heavy atom. The van der Waals surface area contributed by atoms with Crippen LogP contribution in [-0.4, -0.2) is 83.8 Å². The van der Waals surface area contributed by atoms with Crippen molar-refractivity contribution in [1.29, 1.82) is 0 Å². The molecule has 1 saturated heterocycles. The molecule has 0 aliphatic carbocycles. The average Bonchev–Trinajstić information content (AvgIpc) is 3.25. The van der Waals surface area contributed by atoms with E-state index in [1.54, 1.807) is 14.0 Å². The summed E-state index contributed by atoms with van der Waals surface area (Å²) in [5.41, 5.74) is 3.88. The van der Waals surface area contributed by atoms with Crippen molar-refractivity contribution >= 4 is 0 Å². The molecule has 3 aromatic rings. The molecule has 0 bridgehead atoms. The van der Waals surface area contributed by atoms with Crippen LogP contribution < -0.4 is 14.8 Å². The Labute approximate surface area is 229 Å². The zero-order valence-corrected chi connectivity index (χ0v) is 23.5. The summed E-state index contributed by atoms with van der Waals surface area (Å²) in [6.45, 7) is 10.7. The van der Waals surface area contributed by atoms with Crippen molar-refractivity contribution in [2.45, 2.75) is 52.8 Å². The van der Waals surface area contributed by atoms with E-state index in [2.05, 4.69) is 15.4 Å². The predicted molar refractivity (Wildman–Crippen MR) is 148 cm³/mol. The first-order chi connectivity index (χ1) is 18.7. The Bertz CT molecular complexity index is 1210. The second-order valence-electron chi connectivity index (χ2n) is 10.4. The fraction of sp³-hybridized carbons (Fsp3) is 0.552. The van der Waals surface area contributed by atoms with Gasteiger partial charge in [-0.1, -0.05) is 17.3 Å². The lowest BCUT2D eigenvalue weighted by molar-refractivity contribution is 0.108. The fourth-order valence-electron chi connectivity index (χ4n) is 4.93. The number of nitrogens with zero attached hydrogens (tertiary/aromatic N) is 4. The molecular weight excluding hydrogens is 501 g/mol. The number of rotatable bonds is 12. The Kier molecular flexibility index (Phi) is 9.88. The van der Waals surface area contributed by atoms with Gasteiger partial charge in [0.1, 0.15) is 30.4 Å². The van der Waals surface area contributed by atoms with Crippen LogP contribution in [0.25, 0.3) is 22.6 Å². The fourth-order valence-corrected chi connectivity index (χ4v) is 4.93. The number of benzene rings is 1. The van der Waals surface area contributed by atoms with Gasteiger partial charge in [-0.15, -0.1) is 0 Å². The SMILES string of the molecule is CNCC(O)COc1cccc(-c2nc(OCC3CCN(CC(C)F)CC3)c(C)c(-c3c(C)noc3C)n2)c1. The van der Waals surface area contributed by atoms with Crippen molar-refractivity contribution < 1.29 is 23.5 Å². The lowest BCUT2D eigenvalue weighted by Crippen LogP contribution is -2.38. The second-order valence-corrected chi connectivity index (χ2v) is 10.4. The molecule has 0 spiro atoms. The molecule has 9 nitrogen and oxygen atoms in total. The molecule has 0 saturated carbocycles. The van der Waals surface area contributed by atoms with E-state index in [-0.39, 0.29) is 6.61 Å². The van der Waals surface area contributed by atoms with Crippen LogP contribution >= 0.6 is 0 Å². The third-order valence-corrected chi connectivity index (χ3v) is 7.02. The van der Waals surface area contributed by atoms with Crippen LogP contribution in [-0.2, 0) is 0 Å². The Morgan fingerprint density at radius 2 is 1.95 bits per heavy atom. The highest BCUT2D eigenvalue weighted by atomic mass is 19.1. The molecule has 2 atom stereocenters. The zero-order valence-electron chi connectivity index (χ0n) is 23.5. The molecule has 212 valence electrons. The lowest BCUT2D eigenvalue weighted by atomic mass is 9.97. The van der Waals surface area contributed by atoms with Crippen molar-refractivity contribution in [2.24, 2.45) is 5.92 Å². The number of nitrogens with one attached hydrogen (secondary N) is 1. The molecule has 4 rings (SSSR count). The largest absolute Gasteiger partial charge is 0.491 e. The van der Waals surface area contributed by atoms with Crippen LogP contribution in [0.3, 0.4) is 0 Å². The number of ether oxygens (including phenoxy) is 2. The number of aliphatic hydroxyl groups is 1. The van der Waals surface area contributed by atoms with Gasteiger partial charge in [0.15, 0.2) is 5.82 Å². The van der Waals surface area contributed by atoms with E-state index in [0.717, 1.165) is 48.3 Å². The van der Waals surface area contributed by atoms with Crippen LogP contribution in [0.5, 0.6) is 11.6 Å².